The van der Waals surface area contributed by atoms with Crippen molar-refractivity contribution in [3.63, 3.8) is 0 Å². The number of aliphatic hydroxyl groups is 2. The van der Waals surface area contributed by atoms with Crippen LogP contribution in [0.2, 0.25) is 10.0 Å². The minimum Gasteiger partial charge on any atom is -0.491 e. The highest BCUT2D eigenvalue weighted by atomic mass is 127. The lowest BCUT2D eigenvalue weighted by atomic mass is 10.1. The first-order valence-corrected chi connectivity index (χ1v) is 13.5. The second kappa shape index (κ2) is 12.3. The summed E-state index contributed by atoms with van der Waals surface area (Å²) in [7, 11) is -2.47. The Balaban J connectivity index is 2.20. The van der Waals surface area contributed by atoms with E-state index in [9.17, 15) is 18.6 Å². The normalized spacial score (nSPS) is 14.6. The van der Waals surface area contributed by atoms with E-state index in [-0.39, 0.29) is 51.3 Å². The number of hydrogen-bond acceptors (Lipinski definition) is 7. The molecule has 0 saturated heterocycles. The van der Waals surface area contributed by atoms with E-state index < -0.39 is 21.5 Å². The van der Waals surface area contributed by atoms with Gasteiger partial charge in [-0.15, -0.1) is 11.6 Å². The summed E-state index contributed by atoms with van der Waals surface area (Å²) in [4.78, 5) is -0.116. The summed E-state index contributed by atoms with van der Waals surface area (Å²) in [6.45, 7) is -0.0362. The third-order valence-electron chi connectivity index (χ3n) is 4.20. The summed E-state index contributed by atoms with van der Waals surface area (Å²) in [6, 6.07) is 8.16. The third-order valence-corrected chi connectivity index (χ3v) is 8.43. The van der Waals surface area contributed by atoms with Gasteiger partial charge in [-0.2, -0.15) is 0 Å². The van der Waals surface area contributed by atoms with E-state index in [0.29, 0.717) is 10.2 Å². The average molecular weight is 640 g/mol. The van der Waals surface area contributed by atoms with Crippen molar-refractivity contribution in [2.75, 3.05) is 37.2 Å². The number of sulfone groups is 1. The Hall–Kier alpha value is -0.530. The molecule has 0 spiro atoms. The maximum absolute atomic E-state index is 13.0. The molecular weight excluding hydrogens is 618 g/mol. The van der Waals surface area contributed by atoms with Crippen LogP contribution < -0.4 is 9.47 Å². The summed E-state index contributed by atoms with van der Waals surface area (Å²) in [5.41, 5.74) is -1.27. The molecule has 0 amide bonds. The van der Waals surface area contributed by atoms with Gasteiger partial charge in [0.05, 0.1) is 32.3 Å². The van der Waals surface area contributed by atoms with Crippen LogP contribution in [-0.4, -0.2) is 67.6 Å². The molecule has 12 heteroatoms. The largest absolute Gasteiger partial charge is 0.491 e. The van der Waals surface area contributed by atoms with E-state index in [4.69, 9.17) is 49.0 Å². The van der Waals surface area contributed by atoms with E-state index in [1.807, 2.05) is 22.6 Å². The van der Waals surface area contributed by atoms with Crippen molar-refractivity contribution < 1.29 is 32.8 Å². The summed E-state index contributed by atoms with van der Waals surface area (Å²) >= 11 is 20.2. The molecule has 0 aliphatic carbocycles. The van der Waals surface area contributed by atoms with Crippen LogP contribution in [0.25, 0.3) is 0 Å². The molecule has 0 heterocycles. The van der Waals surface area contributed by atoms with Crippen LogP contribution in [0.5, 0.6) is 11.5 Å². The maximum Gasteiger partial charge on any atom is 0.206 e. The number of benzene rings is 2. The highest BCUT2D eigenvalue weighted by molar-refractivity contribution is 14.1. The van der Waals surface area contributed by atoms with Gasteiger partial charge in [-0.1, -0.05) is 45.8 Å². The van der Waals surface area contributed by atoms with Gasteiger partial charge in [0.15, 0.2) is 5.75 Å². The van der Waals surface area contributed by atoms with E-state index in [1.165, 1.54) is 43.5 Å². The number of methoxy groups -OCH3 is 1. The number of hydrogen-bond donors (Lipinski definition) is 2. The predicted molar refractivity (Wildman–Crippen MR) is 132 cm³/mol. The summed E-state index contributed by atoms with van der Waals surface area (Å²) < 4.78 is 42.1. The quantitative estimate of drug-likeness (QED) is 0.268. The van der Waals surface area contributed by atoms with Gasteiger partial charge in [-0.3, -0.25) is 0 Å². The Bertz CT molecular complexity index is 976. The molecule has 2 N–H and O–H groups in total. The molecule has 0 aliphatic heterocycles. The summed E-state index contributed by atoms with van der Waals surface area (Å²) in [5, 5.41) is 19.8. The second-order valence-corrected chi connectivity index (χ2v) is 10.7. The zero-order chi connectivity index (χ0) is 23.9. The molecule has 0 aliphatic rings. The van der Waals surface area contributed by atoms with Gasteiger partial charge in [0.1, 0.15) is 30.7 Å². The molecule has 0 saturated carbocycles. The van der Waals surface area contributed by atoms with Crippen molar-refractivity contribution in [1.29, 1.82) is 0 Å². The topological polar surface area (TPSA) is 102 Å². The van der Waals surface area contributed by atoms with Crippen molar-refractivity contribution in [1.82, 2.24) is 0 Å². The van der Waals surface area contributed by atoms with Crippen LogP contribution in [0, 0.1) is 0 Å². The van der Waals surface area contributed by atoms with Crippen LogP contribution >= 0.6 is 57.4 Å². The Labute approximate surface area is 215 Å². The van der Waals surface area contributed by atoms with Crippen LogP contribution in [0.4, 0.5) is 0 Å². The lowest BCUT2D eigenvalue weighted by molar-refractivity contribution is 0.0325. The highest BCUT2D eigenvalue weighted by Crippen LogP contribution is 2.37. The molecule has 0 radical (unpaired) electrons. The van der Waals surface area contributed by atoms with Crippen LogP contribution in [0.3, 0.4) is 0 Å². The second-order valence-electron chi connectivity index (χ2n) is 6.89. The van der Waals surface area contributed by atoms with Crippen LogP contribution in [-0.2, 0) is 14.6 Å². The Morgan fingerprint density at radius 1 is 1.06 bits per heavy atom. The van der Waals surface area contributed by atoms with Gasteiger partial charge in [-0.05, 0) is 36.4 Å². The van der Waals surface area contributed by atoms with E-state index in [0.717, 1.165) is 0 Å². The summed E-state index contributed by atoms with van der Waals surface area (Å²) in [6.07, 6.45) is -0.800. The van der Waals surface area contributed by atoms with Crippen LogP contribution in [0.1, 0.15) is 0 Å². The van der Waals surface area contributed by atoms with Crippen molar-refractivity contribution in [2.45, 2.75) is 21.5 Å². The molecular formula is C20H22Cl3IO7S. The maximum atomic E-state index is 13.0. The fourth-order valence-electron chi connectivity index (χ4n) is 2.43. The first-order valence-electron chi connectivity index (χ1n) is 9.17. The van der Waals surface area contributed by atoms with Crippen molar-refractivity contribution in [2.24, 2.45) is 0 Å². The van der Waals surface area contributed by atoms with Gasteiger partial charge < -0.3 is 24.4 Å². The monoisotopic (exact) mass is 638 g/mol. The molecule has 32 heavy (non-hydrogen) atoms. The minimum atomic E-state index is -3.93. The number of ether oxygens (including phenoxy) is 3. The Morgan fingerprint density at radius 3 is 2.16 bits per heavy atom. The lowest BCUT2D eigenvalue weighted by Gasteiger charge is -2.24. The first kappa shape index (κ1) is 27.7. The molecule has 2 aromatic rings. The zero-order valence-corrected chi connectivity index (χ0v) is 22.2. The standard InChI is InChI=1S/C20H22Cl3IO7S/c1-29-8-13(25)9-30-14-2-4-15(5-3-14)32(27,28)16-6-17(22)19(18(23)7-16)31-12-20(26,10-21)11-24/h2-7,13,25-26H,8-12H2,1H3/t13-,20-/m1/s1. The van der Waals surface area contributed by atoms with Crippen molar-refractivity contribution >= 4 is 67.2 Å². The van der Waals surface area contributed by atoms with E-state index >= 15 is 0 Å². The minimum absolute atomic E-state index is 0.00299. The third kappa shape index (κ3) is 7.23. The van der Waals surface area contributed by atoms with E-state index in [1.54, 1.807) is 0 Å². The average Bonchev–Trinajstić information content (AvgIpc) is 2.77. The molecule has 2 aromatic carbocycles. The van der Waals surface area contributed by atoms with Crippen LogP contribution in [0.15, 0.2) is 46.2 Å². The Morgan fingerprint density at radius 2 is 1.66 bits per heavy atom. The SMILES string of the molecule is COC[C@@H](O)COc1ccc(S(=O)(=O)c2cc(Cl)c(OC[C@@](O)(CCl)CI)c(Cl)c2)cc1. The molecule has 0 aromatic heterocycles. The van der Waals surface area contributed by atoms with E-state index in [2.05, 4.69) is 0 Å². The zero-order valence-electron chi connectivity index (χ0n) is 16.9. The molecule has 2 atom stereocenters. The number of aliphatic hydroxyl groups excluding tert-OH is 1. The lowest BCUT2D eigenvalue weighted by Crippen LogP contribution is -2.39. The molecule has 0 bridgehead atoms. The predicted octanol–water partition coefficient (Wildman–Crippen LogP) is 4.00. The number of rotatable bonds is 12. The van der Waals surface area contributed by atoms with Gasteiger partial charge in [0.25, 0.3) is 0 Å². The van der Waals surface area contributed by atoms with Gasteiger partial charge in [0, 0.05) is 11.5 Å². The highest BCUT2D eigenvalue weighted by Gasteiger charge is 2.27. The van der Waals surface area contributed by atoms with Crippen molar-refractivity contribution in [3.05, 3.63) is 46.4 Å². The molecule has 0 unspecified atom stereocenters. The van der Waals surface area contributed by atoms with Gasteiger partial charge in [0.2, 0.25) is 9.84 Å². The smallest absolute Gasteiger partial charge is 0.206 e. The Kier molecular flexibility index (Phi) is 10.6. The van der Waals surface area contributed by atoms with Gasteiger partial charge >= 0.3 is 0 Å². The van der Waals surface area contributed by atoms with Gasteiger partial charge in [-0.25, -0.2) is 8.42 Å². The number of alkyl halides is 2. The van der Waals surface area contributed by atoms with Crippen molar-refractivity contribution in [3.8, 4) is 11.5 Å². The fourth-order valence-corrected chi connectivity index (χ4v) is 5.45. The molecule has 2 rings (SSSR count). The molecule has 0 fully saturated rings. The first-order chi connectivity index (χ1) is 15.1. The number of halogens is 4. The fraction of sp³-hybridized carbons (Fsp3) is 0.400. The molecule has 7 nitrogen and oxygen atoms in total. The molecule has 178 valence electrons. The summed E-state index contributed by atoms with van der Waals surface area (Å²) in [5.74, 6) is 0.392.